The fraction of sp³-hybridized carbons (Fsp3) is 0.647. The molecule has 1 N–H and O–H groups in total. The molecule has 1 aliphatic heterocycles. The summed E-state index contributed by atoms with van der Waals surface area (Å²) in [5.41, 5.74) is 1.94. The topological polar surface area (TPSA) is 24.5 Å². The van der Waals surface area contributed by atoms with Crippen molar-refractivity contribution >= 4 is 0 Å². The van der Waals surface area contributed by atoms with E-state index in [0.717, 1.165) is 56.8 Å². The summed E-state index contributed by atoms with van der Waals surface area (Å²) in [5.74, 6) is -0.105. The molecule has 0 radical (unpaired) electrons. The van der Waals surface area contributed by atoms with Crippen molar-refractivity contribution in [1.82, 2.24) is 10.2 Å². The summed E-state index contributed by atoms with van der Waals surface area (Å²) in [6.45, 7) is 9.35. The van der Waals surface area contributed by atoms with Crippen LogP contribution < -0.4 is 5.32 Å². The fourth-order valence-electron chi connectivity index (χ4n) is 2.73. The van der Waals surface area contributed by atoms with Gasteiger partial charge in [-0.2, -0.15) is 0 Å². The van der Waals surface area contributed by atoms with Crippen LogP contribution in [0.4, 0.5) is 4.39 Å². The van der Waals surface area contributed by atoms with Crippen molar-refractivity contribution in [3.63, 3.8) is 0 Å². The molecule has 1 unspecified atom stereocenters. The third kappa shape index (κ3) is 5.38. The van der Waals surface area contributed by atoms with Crippen LogP contribution >= 0.6 is 0 Å². The molecule has 3 nitrogen and oxygen atoms in total. The van der Waals surface area contributed by atoms with E-state index < -0.39 is 0 Å². The highest BCUT2D eigenvalue weighted by atomic mass is 19.1. The molecule has 1 fully saturated rings. The molecule has 0 aromatic heterocycles. The van der Waals surface area contributed by atoms with Crippen LogP contribution in [0.5, 0.6) is 0 Å². The maximum atomic E-state index is 14.0. The predicted octanol–water partition coefficient (Wildman–Crippen LogP) is 2.94. The molecule has 1 heterocycles. The van der Waals surface area contributed by atoms with Gasteiger partial charge in [0.1, 0.15) is 5.82 Å². The first kappa shape index (κ1) is 16.4. The molecule has 0 bridgehead atoms. The number of nitrogens with one attached hydrogen (secondary N) is 1. The zero-order chi connectivity index (χ0) is 15.1. The summed E-state index contributed by atoms with van der Waals surface area (Å²) in [6, 6.07) is 5.46. The minimum Gasteiger partial charge on any atom is -0.377 e. The Hall–Kier alpha value is -0.970. The lowest BCUT2D eigenvalue weighted by Gasteiger charge is -2.22. The normalized spacial score (nSPS) is 20.4. The number of nitrogens with zero attached hydrogens (tertiary/aromatic N) is 1. The van der Waals surface area contributed by atoms with Crippen molar-refractivity contribution in [2.45, 2.75) is 45.9 Å². The highest BCUT2D eigenvalue weighted by Gasteiger charge is 2.16. The summed E-state index contributed by atoms with van der Waals surface area (Å²) in [7, 11) is 0. The van der Waals surface area contributed by atoms with Crippen molar-refractivity contribution < 1.29 is 9.13 Å². The molecule has 1 aliphatic rings. The van der Waals surface area contributed by atoms with E-state index in [1.165, 1.54) is 0 Å². The van der Waals surface area contributed by atoms with Crippen molar-refractivity contribution in [2.75, 3.05) is 26.2 Å². The van der Waals surface area contributed by atoms with E-state index in [0.29, 0.717) is 6.54 Å². The standard InChI is InChI=1S/C17H27FN2O/c1-3-7-19-11-15-5-6-17(18)16(10-15)13-20-8-4-9-21-14(2)12-20/h5-6,10,14,19H,3-4,7-9,11-13H2,1-2H3. The summed E-state index contributed by atoms with van der Waals surface area (Å²) in [6.07, 6.45) is 2.36. The van der Waals surface area contributed by atoms with Gasteiger partial charge in [0.15, 0.2) is 0 Å². The summed E-state index contributed by atoms with van der Waals surface area (Å²) in [5, 5.41) is 3.36. The summed E-state index contributed by atoms with van der Waals surface area (Å²) in [4.78, 5) is 2.29. The largest absolute Gasteiger partial charge is 0.377 e. The lowest BCUT2D eigenvalue weighted by Crippen LogP contribution is -2.30. The minimum absolute atomic E-state index is 0.105. The average Bonchev–Trinajstić information content (AvgIpc) is 2.67. The highest BCUT2D eigenvalue weighted by Crippen LogP contribution is 2.15. The molecule has 0 aliphatic carbocycles. The van der Waals surface area contributed by atoms with Crippen LogP contribution in [0.1, 0.15) is 37.8 Å². The van der Waals surface area contributed by atoms with Crippen LogP contribution in [0.25, 0.3) is 0 Å². The van der Waals surface area contributed by atoms with Gasteiger partial charge in [0, 0.05) is 38.3 Å². The Kier molecular flexibility index (Phi) is 6.61. The van der Waals surface area contributed by atoms with Gasteiger partial charge in [-0.15, -0.1) is 0 Å². The van der Waals surface area contributed by atoms with Gasteiger partial charge < -0.3 is 10.1 Å². The first-order valence-corrected chi connectivity index (χ1v) is 8.01. The van der Waals surface area contributed by atoms with Crippen LogP contribution in [-0.4, -0.2) is 37.2 Å². The molecular formula is C17H27FN2O. The van der Waals surface area contributed by atoms with Crippen LogP contribution in [-0.2, 0) is 17.8 Å². The molecule has 21 heavy (non-hydrogen) atoms. The second-order valence-corrected chi connectivity index (χ2v) is 5.87. The molecule has 0 saturated carbocycles. The Morgan fingerprint density at radius 2 is 2.29 bits per heavy atom. The Balaban J connectivity index is 1.98. The van der Waals surface area contributed by atoms with Crippen LogP contribution in [0.2, 0.25) is 0 Å². The highest BCUT2D eigenvalue weighted by molar-refractivity contribution is 5.25. The molecule has 0 spiro atoms. The Labute approximate surface area is 127 Å². The van der Waals surface area contributed by atoms with Crippen molar-refractivity contribution in [1.29, 1.82) is 0 Å². The summed E-state index contributed by atoms with van der Waals surface area (Å²) < 4.78 is 19.7. The quantitative estimate of drug-likeness (QED) is 0.816. The van der Waals surface area contributed by atoms with Gasteiger partial charge in [0.05, 0.1) is 6.10 Å². The number of hydrogen-bond donors (Lipinski definition) is 1. The van der Waals surface area contributed by atoms with E-state index >= 15 is 0 Å². The molecular weight excluding hydrogens is 267 g/mol. The lowest BCUT2D eigenvalue weighted by atomic mass is 10.1. The number of ether oxygens (including phenoxy) is 1. The molecule has 118 valence electrons. The van der Waals surface area contributed by atoms with E-state index in [1.54, 1.807) is 6.07 Å². The average molecular weight is 294 g/mol. The Bertz CT molecular complexity index is 439. The first-order chi connectivity index (χ1) is 10.2. The summed E-state index contributed by atoms with van der Waals surface area (Å²) >= 11 is 0. The van der Waals surface area contributed by atoms with E-state index in [9.17, 15) is 4.39 Å². The number of hydrogen-bond acceptors (Lipinski definition) is 3. The van der Waals surface area contributed by atoms with Crippen molar-refractivity contribution in [2.24, 2.45) is 0 Å². The zero-order valence-electron chi connectivity index (χ0n) is 13.2. The second-order valence-electron chi connectivity index (χ2n) is 5.87. The molecule has 1 aromatic carbocycles. The molecule has 1 atom stereocenters. The first-order valence-electron chi connectivity index (χ1n) is 8.01. The van der Waals surface area contributed by atoms with E-state index in [1.807, 2.05) is 12.1 Å². The smallest absolute Gasteiger partial charge is 0.127 e. The van der Waals surface area contributed by atoms with Gasteiger partial charge >= 0.3 is 0 Å². The van der Waals surface area contributed by atoms with Crippen LogP contribution in [0.3, 0.4) is 0 Å². The maximum Gasteiger partial charge on any atom is 0.127 e. The maximum absolute atomic E-state index is 14.0. The van der Waals surface area contributed by atoms with Crippen molar-refractivity contribution in [3.8, 4) is 0 Å². The molecule has 1 aromatic rings. The Morgan fingerprint density at radius 1 is 1.43 bits per heavy atom. The fourth-order valence-corrected chi connectivity index (χ4v) is 2.73. The Morgan fingerprint density at radius 3 is 3.10 bits per heavy atom. The minimum atomic E-state index is -0.105. The SMILES string of the molecule is CCCNCc1ccc(F)c(CN2CCCOC(C)C2)c1. The third-order valence-electron chi connectivity index (χ3n) is 3.80. The van der Waals surface area contributed by atoms with Gasteiger partial charge in [-0.3, -0.25) is 4.90 Å². The van der Waals surface area contributed by atoms with E-state index in [2.05, 4.69) is 24.1 Å². The monoisotopic (exact) mass is 294 g/mol. The third-order valence-corrected chi connectivity index (χ3v) is 3.80. The van der Waals surface area contributed by atoms with Gasteiger partial charge in [-0.05, 0) is 37.9 Å². The molecule has 2 rings (SSSR count). The second kappa shape index (κ2) is 8.47. The number of rotatable bonds is 6. The van der Waals surface area contributed by atoms with E-state index in [-0.39, 0.29) is 11.9 Å². The molecule has 4 heteroatoms. The number of benzene rings is 1. The molecule has 1 saturated heterocycles. The molecule has 0 amide bonds. The van der Waals surface area contributed by atoms with Gasteiger partial charge in [-0.1, -0.05) is 19.1 Å². The number of halogens is 1. The van der Waals surface area contributed by atoms with E-state index in [4.69, 9.17) is 4.74 Å². The lowest BCUT2D eigenvalue weighted by molar-refractivity contribution is 0.0666. The van der Waals surface area contributed by atoms with Crippen LogP contribution in [0.15, 0.2) is 18.2 Å². The zero-order valence-corrected chi connectivity index (χ0v) is 13.2. The van der Waals surface area contributed by atoms with Crippen molar-refractivity contribution in [3.05, 3.63) is 35.1 Å². The van der Waals surface area contributed by atoms with Gasteiger partial charge in [0.25, 0.3) is 0 Å². The predicted molar refractivity (Wildman–Crippen MR) is 83.7 cm³/mol. The van der Waals surface area contributed by atoms with Crippen LogP contribution in [0, 0.1) is 5.82 Å². The van der Waals surface area contributed by atoms with Gasteiger partial charge in [-0.25, -0.2) is 4.39 Å². The van der Waals surface area contributed by atoms with Gasteiger partial charge in [0.2, 0.25) is 0 Å².